The minimum atomic E-state index is -0.587. The maximum atomic E-state index is 11.4. The summed E-state index contributed by atoms with van der Waals surface area (Å²) >= 11 is 0. The zero-order chi connectivity index (χ0) is 20.1. The van der Waals surface area contributed by atoms with Gasteiger partial charge in [-0.2, -0.15) is 5.10 Å². The monoisotopic (exact) mass is 387 g/mol. The van der Waals surface area contributed by atoms with Gasteiger partial charge in [0, 0.05) is 24.5 Å². The fraction of sp³-hybridized carbons (Fsp3) is 0.773. The number of nitrogens with one attached hydrogen (secondary N) is 1. The molecule has 4 rings (SSSR count). The van der Waals surface area contributed by atoms with E-state index in [1.807, 2.05) is 0 Å². The van der Waals surface area contributed by atoms with E-state index in [1.54, 1.807) is 0 Å². The molecule has 6 nitrogen and oxygen atoms in total. The van der Waals surface area contributed by atoms with Gasteiger partial charge in [0.1, 0.15) is 6.10 Å². The molecule has 4 aliphatic carbocycles. The molecule has 3 N–H and O–H groups in total. The molecule has 0 bridgehead atoms. The molecule has 6 atom stereocenters. The van der Waals surface area contributed by atoms with Crippen LogP contribution in [0.15, 0.2) is 16.8 Å². The molecule has 0 aromatic carbocycles. The number of nitrogens with two attached hydrogens (primary N) is 1. The molecule has 0 radical (unpaired) electrons. The molecule has 0 unspecified atom stereocenters. The second kappa shape index (κ2) is 6.89. The van der Waals surface area contributed by atoms with Gasteiger partial charge in [-0.15, -0.1) is 0 Å². The van der Waals surface area contributed by atoms with Crippen LogP contribution in [0.3, 0.4) is 0 Å². The molecule has 4 aliphatic rings. The summed E-state index contributed by atoms with van der Waals surface area (Å²) in [6, 6.07) is -0.587. The number of allylic oxidation sites excluding steroid dienone is 1. The lowest BCUT2D eigenvalue weighted by Gasteiger charge is -2.57. The summed E-state index contributed by atoms with van der Waals surface area (Å²) in [5.74, 6) is 1.80. The Bertz CT molecular complexity index is 745. The van der Waals surface area contributed by atoms with Crippen LogP contribution < -0.4 is 11.2 Å². The van der Waals surface area contributed by atoms with Crippen LogP contribution in [0.2, 0.25) is 0 Å². The minimum absolute atomic E-state index is 0.0484. The second-order valence-corrected chi connectivity index (χ2v) is 9.76. The molecule has 0 heterocycles. The molecule has 3 saturated carbocycles. The lowest BCUT2D eigenvalue weighted by atomic mass is 9.48. The van der Waals surface area contributed by atoms with Crippen molar-refractivity contribution >= 4 is 17.7 Å². The van der Waals surface area contributed by atoms with Crippen molar-refractivity contribution in [3.05, 3.63) is 11.6 Å². The number of urea groups is 1. The summed E-state index contributed by atoms with van der Waals surface area (Å²) < 4.78 is 5.53. The first kappa shape index (κ1) is 19.5. The van der Waals surface area contributed by atoms with Gasteiger partial charge in [0.15, 0.2) is 0 Å². The fourth-order valence-corrected chi connectivity index (χ4v) is 7.06. The lowest BCUT2D eigenvalue weighted by molar-refractivity contribution is -0.148. The highest BCUT2D eigenvalue weighted by Crippen LogP contribution is 2.64. The van der Waals surface area contributed by atoms with Gasteiger partial charge in [0.05, 0.1) is 0 Å². The first-order valence-electron chi connectivity index (χ1n) is 10.7. The van der Waals surface area contributed by atoms with Crippen molar-refractivity contribution in [2.24, 2.45) is 39.4 Å². The summed E-state index contributed by atoms with van der Waals surface area (Å²) in [5, 5.41) is 4.38. The van der Waals surface area contributed by atoms with Crippen LogP contribution in [0, 0.1) is 28.6 Å². The third kappa shape index (κ3) is 3.05. The average Bonchev–Trinajstić information content (AvgIpc) is 2.96. The quantitative estimate of drug-likeness (QED) is 0.427. The molecule has 0 aliphatic heterocycles. The van der Waals surface area contributed by atoms with Gasteiger partial charge in [-0.05, 0) is 68.1 Å². The van der Waals surface area contributed by atoms with E-state index in [1.165, 1.54) is 18.9 Å². The number of primary amides is 1. The van der Waals surface area contributed by atoms with Crippen molar-refractivity contribution < 1.29 is 14.3 Å². The zero-order valence-corrected chi connectivity index (χ0v) is 17.3. The highest BCUT2D eigenvalue weighted by Gasteiger charge is 2.58. The van der Waals surface area contributed by atoms with Crippen LogP contribution in [0.5, 0.6) is 0 Å². The Morgan fingerprint density at radius 2 is 1.89 bits per heavy atom. The minimum Gasteiger partial charge on any atom is -0.462 e. The Balaban J connectivity index is 1.56. The Kier molecular flexibility index (Phi) is 4.79. The van der Waals surface area contributed by atoms with Gasteiger partial charge >= 0.3 is 12.0 Å². The highest BCUT2D eigenvalue weighted by atomic mass is 16.5. The summed E-state index contributed by atoms with van der Waals surface area (Å²) in [6.07, 6.45) is 11.0. The van der Waals surface area contributed by atoms with Crippen molar-refractivity contribution in [2.45, 2.75) is 78.2 Å². The molecule has 0 spiro atoms. The molecule has 3 fully saturated rings. The smallest absolute Gasteiger partial charge is 0.332 e. The van der Waals surface area contributed by atoms with Crippen molar-refractivity contribution in [3.8, 4) is 0 Å². The van der Waals surface area contributed by atoms with E-state index in [2.05, 4.69) is 30.5 Å². The first-order chi connectivity index (χ1) is 13.2. The van der Waals surface area contributed by atoms with Crippen LogP contribution >= 0.6 is 0 Å². The van der Waals surface area contributed by atoms with Crippen molar-refractivity contribution in [1.29, 1.82) is 0 Å². The van der Waals surface area contributed by atoms with E-state index >= 15 is 0 Å². The highest BCUT2D eigenvalue weighted by molar-refractivity contribution is 5.93. The average molecular weight is 388 g/mol. The van der Waals surface area contributed by atoms with Crippen LogP contribution in [0.25, 0.3) is 0 Å². The Morgan fingerprint density at radius 1 is 1.18 bits per heavy atom. The third-order valence-electron chi connectivity index (χ3n) is 8.43. The van der Waals surface area contributed by atoms with Gasteiger partial charge in [-0.25, -0.2) is 10.2 Å². The Hall–Kier alpha value is -1.85. The van der Waals surface area contributed by atoms with Crippen molar-refractivity contribution in [3.63, 3.8) is 0 Å². The molecule has 154 valence electrons. The van der Waals surface area contributed by atoms with E-state index in [9.17, 15) is 9.59 Å². The summed E-state index contributed by atoms with van der Waals surface area (Å²) in [5.41, 5.74) is 10.6. The van der Waals surface area contributed by atoms with E-state index in [4.69, 9.17) is 10.5 Å². The van der Waals surface area contributed by atoms with Crippen LogP contribution in [0.1, 0.15) is 72.1 Å². The Morgan fingerprint density at radius 3 is 2.61 bits per heavy atom. The number of hydrogen-bond donors (Lipinski definition) is 2. The lowest BCUT2D eigenvalue weighted by Crippen LogP contribution is -2.50. The van der Waals surface area contributed by atoms with Crippen molar-refractivity contribution in [2.75, 3.05) is 0 Å². The summed E-state index contributed by atoms with van der Waals surface area (Å²) in [4.78, 5) is 22.5. The van der Waals surface area contributed by atoms with E-state index in [0.717, 1.165) is 50.7 Å². The van der Waals surface area contributed by atoms with E-state index in [0.29, 0.717) is 17.8 Å². The number of amides is 2. The van der Waals surface area contributed by atoms with Gasteiger partial charge in [0.25, 0.3) is 0 Å². The van der Waals surface area contributed by atoms with Gasteiger partial charge in [-0.3, -0.25) is 4.79 Å². The maximum Gasteiger partial charge on any atom is 0.332 e. The number of ether oxygens (including phenoxy) is 1. The molecule has 28 heavy (non-hydrogen) atoms. The summed E-state index contributed by atoms with van der Waals surface area (Å²) in [7, 11) is 0. The number of carbonyl (C=O) groups excluding carboxylic acids is 2. The van der Waals surface area contributed by atoms with E-state index in [-0.39, 0.29) is 22.9 Å². The number of carbonyl (C=O) groups is 2. The molecule has 2 amide bonds. The van der Waals surface area contributed by atoms with Crippen LogP contribution in [0.4, 0.5) is 4.79 Å². The molecule has 6 heteroatoms. The van der Waals surface area contributed by atoms with E-state index < -0.39 is 6.03 Å². The summed E-state index contributed by atoms with van der Waals surface area (Å²) in [6.45, 7) is 6.29. The molecule has 0 saturated heterocycles. The SMILES string of the molecule is CC(=O)O[C@H]1CC[C@@]2(C)C(=CC[C@H]3[C@H]4CCC(=NNC(N)=O)[C@@]4(C)CC[C@@H]32)C1. The number of hydrogen-bond acceptors (Lipinski definition) is 4. The first-order valence-corrected chi connectivity index (χ1v) is 10.7. The Labute approximate surface area is 167 Å². The van der Waals surface area contributed by atoms with Gasteiger partial charge < -0.3 is 10.5 Å². The predicted molar refractivity (Wildman–Crippen MR) is 107 cm³/mol. The normalized spacial score (nSPS) is 43.4. The topological polar surface area (TPSA) is 93.8 Å². The number of fused-ring (bicyclic) bond motifs is 5. The third-order valence-corrected chi connectivity index (χ3v) is 8.43. The number of nitrogens with zero attached hydrogens (tertiary/aromatic N) is 1. The van der Waals surface area contributed by atoms with Crippen LogP contribution in [-0.4, -0.2) is 23.8 Å². The van der Waals surface area contributed by atoms with Gasteiger partial charge in [-0.1, -0.05) is 25.5 Å². The maximum absolute atomic E-state index is 11.4. The number of rotatable bonds is 2. The zero-order valence-electron chi connectivity index (χ0n) is 17.3. The van der Waals surface area contributed by atoms with Gasteiger partial charge in [0.2, 0.25) is 0 Å². The molecular weight excluding hydrogens is 354 g/mol. The molecular formula is C22H33N3O3. The van der Waals surface area contributed by atoms with Crippen molar-refractivity contribution in [1.82, 2.24) is 5.43 Å². The molecule has 0 aromatic heterocycles. The predicted octanol–water partition coefficient (Wildman–Crippen LogP) is 3.91. The van der Waals surface area contributed by atoms with Crippen LogP contribution in [-0.2, 0) is 9.53 Å². The number of esters is 1. The standard InChI is InChI=1S/C22H33N3O3/c1-13(26)28-15-8-10-21(2)14(12-15)4-5-16-17-6-7-19(24-25-20(23)27)22(17,3)11-9-18(16)21/h4,15-18H,5-12H2,1-3H3,(H3,23,25,27)/t15-,16-,17+,18-,21-,22-/m0/s1. The second-order valence-electron chi connectivity index (χ2n) is 9.76. The number of hydrazone groups is 1. The largest absolute Gasteiger partial charge is 0.462 e. The fourth-order valence-electron chi connectivity index (χ4n) is 7.06. The molecule has 0 aromatic rings.